The van der Waals surface area contributed by atoms with Crippen LogP contribution in [0.15, 0.2) is 0 Å². The van der Waals surface area contributed by atoms with Crippen LogP contribution in [0, 0.1) is 52.3 Å². The minimum absolute atomic E-state index is 0.00749. The van der Waals surface area contributed by atoms with Gasteiger partial charge >= 0.3 is 0 Å². The second-order valence-corrected chi connectivity index (χ2v) is 26.9. The van der Waals surface area contributed by atoms with Crippen LogP contribution in [0.3, 0.4) is 0 Å². The molecule has 7 saturated heterocycles. The molecule has 0 aromatic rings. The quantitative estimate of drug-likeness (QED) is 0.0719. The third-order valence-electron chi connectivity index (χ3n) is 22.2. The summed E-state index contributed by atoms with van der Waals surface area (Å²) in [5.41, 5.74) is -0.531. The summed E-state index contributed by atoms with van der Waals surface area (Å²) in [7, 11) is 0. The summed E-state index contributed by atoms with van der Waals surface area (Å²) >= 11 is 0. The van der Waals surface area contributed by atoms with Gasteiger partial charge in [0, 0.05) is 18.3 Å². The van der Waals surface area contributed by atoms with E-state index < -0.39 is 205 Å². The van der Waals surface area contributed by atoms with E-state index in [9.17, 15) is 86.8 Å². The van der Waals surface area contributed by atoms with Crippen molar-refractivity contribution in [2.24, 2.45) is 52.3 Å². The summed E-state index contributed by atoms with van der Waals surface area (Å²) in [5, 5.41) is 188. The summed E-state index contributed by atoms with van der Waals surface area (Å²) < 4.78 is 72.8. The minimum Gasteiger partial charge on any atom is -0.394 e. The van der Waals surface area contributed by atoms with Crippen molar-refractivity contribution in [3.05, 3.63) is 0 Å². The smallest absolute Gasteiger partial charge is 0.187 e. The van der Waals surface area contributed by atoms with E-state index in [1.54, 1.807) is 0 Å². The molecular formula is C56H92O29. The lowest BCUT2D eigenvalue weighted by Gasteiger charge is -2.62. The average molecular weight is 1230 g/mol. The first-order valence-corrected chi connectivity index (χ1v) is 30.5. The van der Waals surface area contributed by atoms with Gasteiger partial charge in [0.05, 0.1) is 64.1 Å². The fourth-order valence-corrected chi connectivity index (χ4v) is 17.4. The molecule has 1 unspecified atom stereocenters. The molecule has 0 aromatic carbocycles. The van der Waals surface area contributed by atoms with Crippen molar-refractivity contribution in [2.75, 3.05) is 39.6 Å². The maximum Gasteiger partial charge on any atom is 0.187 e. The highest BCUT2D eigenvalue weighted by molar-refractivity contribution is 5.19. The van der Waals surface area contributed by atoms with Gasteiger partial charge in [0.15, 0.2) is 37.2 Å². The second kappa shape index (κ2) is 25.4. The zero-order valence-electron chi connectivity index (χ0n) is 48.1. The summed E-state index contributed by atoms with van der Waals surface area (Å²) in [6.07, 6.45) is -42.5. The van der Waals surface area contributed by atoms with E-state index in [0.717, 1.165) is 38.5 Å². The highest BCUT2D eigenvalue weighted by Crippen LogP contribution is 2.71. The van der Waals surface area contributed by atoms with E-state index in [1.165, 1.54) is 0 Å². The molecule has 0 amide bonds. The van der Waals surface area contributed by atoms with Crippen molar-refractivity contribution in [3.63, 3.8) is 0 Å². The second-order valence-electron chi connectivity index (χ2n) is 26.9. The Balaban J connectivity index is 0.797. The molecule has 17 N–H and O–H groups in total. The summed E-state index contributed by atoms with van der Waals surface area (Å²) in [5.74, 6) is 0.388. The lowest BCUT2D eigenvalue weighted by molar-refractivity contribution is -0.410. The molecule has 7 aliphatic heterocycles. The number of hydrogen-bond acceptors (Lipinski definition) is 29. The molecule has 4 aliphatic carbocycles. The molecule has 11 rings (SSSR count). The molecule has 11 aliphatic rings. The highest BCUT2D eigenvalue weighted by atomic mass is 16.8. The normalized spacial score (nSPS) is 58.1. The largest absolute Gasteiger partial charge is 0.394 e. The van der Waals surface area contributed by atoms with Crippen molar-refractivity contribution in [1.82, 2.24) is 0 Å². The Morgan fingerprint density at radius 3 is 1.67 bits per heavy atom. The lowest BCUT2D eigenvalue weighted by Crippen LogP contribution is -2.69. The molecule has 0 radical (unpaired) electrons. The molecule has 11 fully saturated rings. The first kappa shape index (κ1) is 65.3. The molecule has 0 bridgehead atoms. The third kappa shape index (κ3) is 11.3. The number of hydrogen-bond donors (Lipinski definition) is 17. The van der Waals surface area contributed by atoms with Gasteiger partial charge in [-0.1, -0.05) is 27.7 Å². The molecule has 85 heavy (non-hydrogen) atoms. The molecule has 490 valence electrons. The topological polar surface area (TPSA) is 455 Å². The Labute approximate surface area is 491 Å². The van der Waals surface area contributed by atoms with Gasteiger partial charge in [0.25, 0.3) is 0 Å². The van der Waals surface area contributed by atoms with Crippen LogP contribution in [0.25, 0.3) is 0 Å². The Morgan fingerprint density at radius 2 is 1.01 bits per heavy atom. The van der Waals surface area contributed by atoms with Crippen LogP contribution in [-0.4, -0.2) is 304 Å². The van der Waals surface area contributed by atoms with E-state index in [4.69, 9.17) is 56.8 Å². The predicted octanol–water partition coefficient (Wildman–Crippen LogP) is -6.50. The lowest BCUT2D eigenvalue weighted by atomic mass is 9.44. The van der Waals surface area contributed by atoms with Crippen LogP contribution in [-0.2, 0) is 56.8 Å². The Bertz CT molecular complexity index is 2220. The highest BCUT2D eigenvalue weighted by Gasteiger charge is 2.73. The minimum atomic E-state index is -2.21. The summed E-state index contributed by atoms with van der Waals surface area (Å²) in [4.78, 5) is 0. The van der Waals surface area contributed by atoms with Crippen molar-refractivity contribution < 1.29 is 144 Å². The van der Waals surface area contributed by atoms with E-state index >= 15 is 0 Å². The number of rotatable bonds is 14. The fraction of sp³-hybridized carbons (Fsp3) is 1.00. The number of aliphatic hydroxyl groups is 17. The number of aliphatic hydroxyl groups excluding tert-OH is 17. The summed E-state index contributed by atoms with van der Waals surface area (Å²) in [6.45, 7) is 5.21. The molecule has 29 nitrogen and oxygen atoms in total. The first-order chi connectivity index (χ1) is 40.3. The zero-order valence-corrected chi connectivity index (χ0v) is 48.1. The van der Waals surface area contributed by atoms with Gasteiger partial charge in [-0.25, -0.2) is 0 Å². The molecule has 0 aromatic heterocycles. The van der Waals surface area contributed by atoms with Gasteiger partial charge in [-0.2, -0.15) is 0 Å². The van der Waals surface area contributed by atoms with Crippen LogP contribution in [0.5, 0.6) is 0 Å². The van der Waals surface area contributed by atoms with E-state index in [-0.39, 0.29) is 52.4 Å². The maximum absolute atomic E-state index is 12.3. The molecule has 29 heteroatoms. The third-order valence-corrected chi connectivity index (χ3v) is 22.2. The molecular weight excluding hydrogens is 1140 g/mol. The van der Waals surface area contributed by atoms with E-state index in [1.807, 2.05) is 0 Å². The van der Waals surface area contributed by atoms with Gasteiger partial charge in [-0.15, -0.1) is 0 Å². The van der Waals surface area contributed by atoms with Crippen LogP contribution >= 0.6 is 0 Å². The first-order valence-electron chi connectivity index (χ1n) is 30.5. The van der Waals surface area contributed by atoms with Gasteiger partial charge < -0.3 is 144 Å². The Hall–Kier alpha value is -1.16. The average Bonchev–Trinajstić information content (AvgIpc) is 1.59. The van der Waals surface area contributed by atoms with Gasteiger partial charge in [-0.05, 0) is 85.4 Å². The van der Waals surface area contributed by atoms with Gasteiger partial charge in [-0.3, -0.25) is 0 Å². The Kier molecular flexibility index (Phi) is 19.5. The predicted molar refractivity (Wildman–Crippen MR) is 278 cm³/mol. The van der Waals surface area contributed by atoms with Gasteiger partial charge in [0.1, 0.15) is 116 Å². The molecule has 38 atom stereocenters. The van der Waals surface area contributed by atoms with Crippen molar-refractivity contribution >= 4 is 0 Å². The number of ether oxygens (including phenoxy) is 12. The van der Waals surface area contributed by atoms with Crippen LogP contribution in [0.4, 0.5) is 0 Å². The molecule has 7 heterocycles. The molecule has 4 saturated carbocycles. The van der Waals surface area contributed by atoms with Crippen molar-refractivity contribution in [1.29, 1.82) is 0 Å². The SMILES string of the molecule is CC1CC[C@]2(OC1)O[C@@H]1[C@H](O)[C@@H]3[C@H]4CC[C@@H]5C[C@H](O[C@H]6O[C@@H](CO)[C@@H](O[C@H]7O[C@@H](CO)[C@H](O)[C@@H](O[C@H]8OC[C@H](O)[C@@H](O)[C@@H]8O)[C@@H]7O[C@H]7O[C@@H](CO)[C@H](O)[C@@H](O[C@H]8O[C@@H](CO)[C@H](O)[C@@H](O)[C@@H]8O)[C@@H]7O)[C@@H](O)[C@@H]6O)[C@@H](O)C[C@@]5(C)[C@@H]4CC[C@@]3(C)[C@@H]1[C@H]2C. The van der Waals surface area contributed by atoms with Crippen molar-refractivity contribution in [2.45, 2.75) is 257 Å². The maximum atomic E-state index is 12.3. The number of fused-ring (bicyclic) bond motifs is 7. The van der Waals surface area contributed by atoms with Crippen LogP contribution < -0.4 is 0 Å². The van der Waals surface area contributed by atoms with Gasteiger partial charge in [0.2, 0.25) is 0 Å². The van der Waals surface area contributed by atoms with E-state index in [0.29, 0.717) is 25.4 Å². The van der Waals surface area contributed by atoms with Crippen molar-refractivity contribution in [3.8, 4) is 0 Å². The zero-order chi connectivity index (χ0) is 61.1. The van der Waals surface area contributed by atoms with Crippen LogP contribution in [0.2, 0.25) is 0 Å². The molecule has 1 spiro atoms. The standard InChI is InChI=1S/C56H92O29/c1-19-7-10-56(75-17-19)20(2)31-45(85-56)37(67)32-22-6-5-21-11-26(24(61)12-55(21,4)23(22)8-9-54(31,32)3)76-50-42(72)39(69)44(30(16-60)80-50)81-53-48(47(36(66)29(15-59)79-53)83-49-40(70)33(63)25(62)18-74-49)84-52-43(73)46(35(65)28(14-58)78-52)82-51-41(71)38(68)34(64)27(13-57)77-51/h19-53,57-73H,5-18H2,1-4H3/t19?,20-,21-,22+,23-,24+,25+,26+,27+,28+,29+,30+,31-,32+,33-,34+,35+,36+,37-,38-,39+,40+,41+,42+,43+,44-,45+,46-,47-,48+,49-,50+,51-,52-,53-,54+,55-,56+/m1/s1. The Morgan fingerprint density at radius 1 is 0.447 bits per heavy atom. The van der Waals surface area contributed by atoms with Crippen LogP contribution in [0.1, 0.15) is 79.1 Å². The monoisotopic (exact) mass is 1230 g/mol. The van der Waals surface area contributed by atoms with E-state index in [2.05, 4.69) is 27.7 Å². The fourth-order valence-electron chi connectivity index (χ4n) is 17.4. The summed E-state index contributed by atoms with van der Waals surface area (Å²) in [6, 6.07) is 0.